The number of halogens is 1. The predicted octanol–water partition coefficient (Wildman–Crippen LogP) is 4.68. The van der Waals surface area contributed by atoms with Gasteiger partial charge in [-0.15, -0.1) is 10.2 Å². The third-order valence-corrected chi connectivity index (χ3v) is 6.70. The summed E-state index contributed by atoms with van der Waals surface area (Å²) in [6, 6.07) is 21.1. The van der Waals surface area contributed by atoms with Crippen molar-refractivity contribution in [1.29, 1.82) is 0 Å². The van der Waals surface area contributed by atoms with Crippen molar-refractivity contribution in [3.05, 3.63) is 88.4 Å². The lowest BCUT2D eigenvalue weighted by Crippen LogP contribution is -2.45. The molecule has 0 aliphatic carbocycles. The van der Waals surface area contributed by atoms with Crippen LogP contribution in [0.2, 0.25) is 0 Å². The molecule has 4 aromatic rings. The van der Waals surface area contributed by atoms with Crippen LogP contribution in [0.4, 0.5) is 5.13 Å². The summed E-state index contributed by atoms with van der Waals surface area (Å²) >= 11 is 4.59. The van der Waals surface area contributed by atoms with Gasteiger partial charge in [0, 0.05) is 22.0 Å². The number of hydrogen-bond donors (Lipinski definition) is 2. The number of ether oxygens (including phenoxy) is 2. The lowest BCUT2D eigenvalue weighted by atomic mass is 10.0. The van der Waals surface area contributed by atoms with Gasteiger partial charge in [0.25, 0.3) is 5.91 Å². The van der Waals surface area contributed by atoms with Crippen molar-refractivity contribution >= 4 is 44.2 Å². The standard InChI is InChI=1S/C25H19BrN4O4S/c26-18-9-6-16(7-10-18)22(31)27-19(12-15-4-2-1-3-5-15)23(32)28-25-30-29-24(35-25)17-8-11-20-21(13-17)34-14-33-20/h1-11,13,19H,12,14H2,(H,27,31)(H,28,30,32)/t19-/m0/s1. The number of hydrogen-bond acceptors (Lipinski definition) is 7. The number of anilines is 1. The molecule has 10 heteroatoms. The minimum atomic E-state index is -0.813. The van der Waals surface area contributed by atoms with Gasteiger partial charge in [0.05, 0.1) is 0 Å². The maximum atomic E-state index is 13.2. The molecule has 0 bridgehead atoms. The van der Waals surface area contributed by atoms with Gasteiger partial charge in [0.1, 0.15) is 11.0 Å². The minimum Gasteiger partial charge on any atom is -0.454 e. The topological polar surface area (TPSA) is 102 Å². The third-order valence-electron chi connectivity index (χ3n) is 5.29. The second-order valence-corrected chi connectivity index (χ2v) is 9.59. The fraction of sp³-hybridized carbons (Fsp3) is 0.120. The molecule has 2 N–H and O–H groups in total. The second kappa shape index (κ2) is 10.2. The summed E-state index contributed by atoms with van der Waals surface area (Å²) in [5.41, 5.74) is 2.18. The van der Waals surface area contributed by atoms with Crippen molar-refractivity contribution in [3.8, 4) is 22.1 Å². The van der Waals surface area contributed by atoms with Crippen LogP contribution >= 0.6 is 27.3 Å². The van der Waals surface area contributed by atoms with E-state index in [2.05, 4.69) is 36.8 Å². The Hall–Kier alpha value is -3.76. The fourth-order valence-corrected chi connectivity index (χ4v) is 4.52. The highest BCUT2D eigenvalue weighted by Crippen LogP contribution is 2.37. The first kappa shape index (κ1) is 23.0. The van der Waals surface area contributed by atoms with E-state index >= 15 is 0 Å². The number of fused-ring (bicyclic) bond motifs is 1. The smallest absolute Gasteiger partial charge is 0.251 e. The van der Waals surface area contributed by atoms with E-state index in [1.807, 2.05) is 48.5 Å². The number of aromatic nitrogens is 2. The van der Waals surface area contributed by atoms with Crippen molar-refractivity contribution in [2.75, 3.05) is 12.1 Å². The van der Waals surface area contributed by atoms with Gasteiger partial charge in [-0.3, -0.25) is 14.9 Å². The molecule has 1 aliphatic rings. The third kappa shape index (κ3) is 5.50. The average Bonchev–Trinajstić information content (AvgIpc) is 3.53. The minimum absolute atomic E-state index is 0.186. The van der Waals surface area contributed by atoms with E-state index in [0.29, 0.717) is 33.6 Å². The van der Waals surface area contributed by atoms with E-state index in [1.165, 1.54) is 11.3 Å². The number of benzene rings is 3. The lowest BCUT2D eigenvalue weighted by Gasteiger charge is -2.18. The molecule has 1 atom stereocenters. The Labute approximate surface area is 213 Å². The summed E-state index contributed by atoms with van der Waals surface area (Å²) in [4.78, 5) is 26.0. The molecule has 2 amide bonds. The summed E-state index contributed by atoms with van der Waals surface area (Å²) in [5.74, 6) is 0.596. The van der Waals surface area contributed by atoms with Gasteiger partial charge in [0.2, 0.25) is 17.8 Å². The van der Waals surface area contributed by atoms with Gasteiger partial charge >= 0.3 is 0 Å². The molecule has 0 spiro atoms. The van der Waals surface area contributed by atoms with E-state index < -0.39 is 6.04 Å². The number of carbonyl (C=O) groups is 2. The molecule has 1 aromatic heterocycles. The zero-order valence-corrected chi connectivity index (χ0v) is 20.6. The largest absolute Gasteiger partial charge is 0.454 e. The predicted molar refractivity (Wildman–Crippen MR) is 136 cm³/mol. The molecule has 1 aliphatic heterocycles. The normalized spacial score (nSPS) is 12.7. The van der Waals surface area contributed by atoms with E-state index in [9.17, 15) is 9.59 Å². The number of carbonyl (C=O) groups excluding carboxylic acids is 2. The van der Waals surface area contributed by atoms with E-state index in [-0.39, 0.29) is 18.6 Å². The summed E-state index contributed by atoms with van der Waals surface area (Å²) in [7, 11) is 0. The molecule has 0 unspecified atom stereocenters. The van der Waals surface area contributed by atoms with Crippen LogP contribution in [0, 0.1) is 0 Å². The zero-order valence-electron chi connectivity index (χ0n) is 18.2. The Morgan fingerprint density at radius 2 is 1.74 bits per heavy atom. The summed E-state index contributed by atoms with van der Waals surface area (Å²) < 4.78 is 11.6. The first-order valence-electron chi connectivity index (χ1n) is 10.7. The molecule has 176 valence electrons. The monoisotopic (exact) mass is 550 g/mol. The maximum absolute atomic E-state index is 13.2. The highest BCUT2D eigenvalue weighted by atomic mass is 79.9. The molecule has 0 saturated carbocycles. The molecule has 5 rings (SSSR count). The van der Waals surface area contributed by atoms with E-state index in [1.54, 1.807) is 24.3 Å². The summed E-state index contributed by atoms with van der Waals surface area (Å²) in [6.45, 7) is 0.186. The molecule has 0 fully saturated rings. The Morgan fingerprint density at radius 1 is 0.971 bits per heavy atom. The highest BCUT2D eigenvalue weighted by Gasteiger charge is 2.24. The Bertz CT molecular complexity index is 1360. The van der Waals surface area contributed by atoms with Gasteiger partial charge in [0.15, 0.2) is 11.5 Å². The van der Waals surface area contributed by atoms with Gasteiger partial charge in [-0.25, -0.2) is 0 Å². The summed E-state index contributed by atoms with van der Waals surface area (Å²) in [6.07, 6.45) is 0.322. The molecule has 8 nitrogen and oxygen atoms in total. The van der Waals surface area contributed by atoms with Gasteiger partial charge in [-0.1, -0.05) is 57.6 Å². The first-order valence-corrected chi connectivity index (χ1v) is 12.3. The Morgan fingerprint density at radius 3 is 2.54 bits per heavy atom. The fourth-order valence-electron chi connectivity index (χ4n) is 3.51. The van der Waals surface area contributed by atoms with Crippen molar-refractivity contribution in [2.45, 2.75) is 12.5 Å². The first-order chi connectivity index (χ1) is 17.0. The van der Waals surface area contributed by atoms with Gasteiger partial charge in [-0.05, 0) is 48.0 Å². The Balaban J connectivity index is 1.32. The van der Waals surface area contributed by atoms with Gasteiger partial charge in [-0.2, -0.15) is 0 Å². The van der Waals surface area contributed by atoms with Crippen molar-refractivity contribution in [3.63, 3.8) is 0 Å². The van der Waals surface area contributed by atoms with Gasteiger partial charge < -0.3 is 14.8 Å². The molecule has 0 radical (unpaired) electrons. The second-order valence-electron chi connectivity index (χ2n) is 7.69. The Kier molecular flexibility index (Phi) is 6.73. The molecule has 35 heavy (non-hydrogen) atoms. The van der Waals surface area contributed by atoms with Crippen LogP contribution in [0.3, 0.4) is 0 Å². The van der Waals surface area contributed by atoms with Crippen molar-refractivity contribution in [1.82, 2.24) is 15.5 Å². The molecule has 3 aromatic carbocycles. The van der Waals surface area contributed by atoms with Crippen LogP contribution in [0.15, 0.2) is 77.3 Å². The average molecular weight is 551 g/mol. The lowest BCUT2D eigenvalue weighted by molar-refractivity contribution is -0.118. The van der Waals surface area contributed by atoms with Crippen LogP contribution in [-0.2, 0) is 11.2 Å². The number of rotatable bonds is 7. The van der Waals surface area contributed by atoms with Crippen LogP contribution in [-0.4, -0.2) is 34.8 Å². The number of amides is 2. The molecular weight excluding hydrogens is 532 g/mol. The molecule has 0 saturated heterocycles. The van der Waals surface area contributed by atoms with E-state index in [0.717, 1.165) is 15.6 Å². The highest BCUT2D eigenvalue weighted by molar-refractivity contribution is 9.10. The SMILES string of the molecule is O=C(N[C@@H](Cc1ccccc1)C(=O)Nc1nnc(-c2ccc3c(c2)OCO3)s1)c1ccc(Br)cc1. The number of nitrogens with one attached hydrogen (secondary N) is 2. The van der Waals surface area contributed by atoms with Crippen LogP contribution < -0.4 is 20.1 Å². The molecular formula is C25H19BrN4O4S. The van der Waals surface area contributed by atoms with Crippen LogP contribution in [0.1, 0.15) is 15.9 Å². The van der Waals surface area contributed by atoms with Crippen LogP contribution in [0.5, 0.6) is 11.5 Å². The number of nitrogens with zero attached hydrogens (tertiary/aromatic N) is 2. The molecule has 2 heterocycles. The van der Waals surface area contributed by atoms with Crippen LogP contribution in [0.25, 0.3) is 10.6 Å². The summed E-state index contributed by atoms with van der Waals surface area (Å²) in [5, 5.41) is 14.9. The maximum Gasteiger partial charge on any atom is 0.251 e. The van der Waals surface area contributed by atoms with E-state index in [4.69, 9.17) is 9.47 Å². The van der Waals surface area contributed by atoms with Crippen molar-refractivity contribution in [2.24, 2.45) is 0 Å². The zero-order chi connectivity index (χ0) is 24.2. The van der Waals surface area contributed by atoms with Crippen molar-refractivity contribution < 1.29 is 19.1 Å². The quantitative estimate of drug-likeness (QED) is 0.346.